The number of carboxylic acid groups (broad SMARTS) is 1. The van der Waals surface area contributed by atoms with Crippen molar-refractivity contribution < 1.29 is 14.7 Å². The smallest absolute Gasteiger partial charge is 0.312 e. The van der Waals surface area contributed by atoms with E-state index in [1.54, 1.807) is 18.3 Å². The number of nitrogens with zero attached hydrogens (tertiary/aromatic N) is 1. The van der Waals surface area contributed by atoms with Gasteiger partial charge in [-0.3, -0.25) is 14.6 Å². The number of hydrogen-bond donors (Lipinski definition) is 2. The number of nitrogens with one attached hydrogen (secondary N) is 1. The Morgan fingerprint density at radius 3 is 2.85 bits per heavy atom. The minimum Gasteiger partial charge on any atom is -0.481 e. The maximum atomic E-state index is 10.9. The molecule has 13 heavy (non-hydrogen) atoms. The van der Waals surface area contributed by atoms with Crippen LogP contribution < -0.4 is 5.32 Å². The number of anilines is 1. The van der Waals surface area contributed by atoms with Crippen LogP contribution in [0.5, 0.6) is 0 Å². The average Bonchev–Trinajstić information content (AvgIpc) is 2.04. The SMILES string of the molecule is O=C(O)CC(=O)Nc1cccnc1. The molecule has 5 heteroatoms. The van der Waals surface area contributed by atoms with Crippen LogP contribution in [0.15, 0.2) is 24.5 Å². The third-order valence-electron chi connectivity index (χ3n) is 1.26. The van der Waals surface area contributed by atoms with E-state index in [4.69, 9.17) is 5.11 Å². The molecule has 0 bridgehead atoms. The van der Waals surface area contributed by atoms with Crippen molar-refractivity contribution in [2.24, 2.45) is 0 Å². The molecule has 0 radical (unpaired) electrons. The third kappa shape index (κ3) is 3.33. The number of carbonyl (C=O) groups is 2. The van der Waals surface area contributed by atoms with Crippen LogP contribution >= 0.6 is 0 Å². The molecule has 0 saturated heterocycles. The number of aromatic nitrogens is 1. The van der Waals surface area contributed by atoms with E-state index in [2.05, 4.69) is 10.3 Å². The fourth-order valence-electron chi connectivity index (χ4n) is 0.779. The number of aliphatic carboxylic acids is 1. The predicted molar refractivity (Wildman–Crippen MR) is 45.1 cm³/mol. The first-order valence-corrected chi connectivity index (χ1v) is 3.60. The number of carboxylic acids is 1. The summed E-state index contributed by atoms with van der Waals surface area (Å²) < 4.78 is 0. The molecule has 0 aliphatic rings. The van der Waals surface area contributed by atoms with Crippen molar-refractivity contribution in [3.05, 3.63) is 24.5 Å². The molecule has 1 rings (SSSR count). The van der Waals surface area contributed by atoms with Crippen molar-refractivity contribution in [1.82, 2.24) is 4.98 Å². The van der Waals surface area contributed by atoms with Gasteiger partial charge in [0.05, 0.1) is 11.9 Å². The monoisotopic (exact) mass is 180 g/mol. The summed E-state index contributed by atoms with van der Waals surface area (Å²) in [4.78, 5) is 24.8. The van der Waals surface area contributed by atoms with Gasteiger partial charge in [-0.15, -0.1) is 0 Å². The summed E-state index contributed by atoms with van der Waals surface area (Å²) >= 11 is 0. The Balaban J connectivity index is 2.50. The lowest BCUT2D eigenvalue weighted by Crippen LogP contribution is -2.15. The Labute approximate surface area is 74.4 Å². The Morgan fingerprint density at radius 1 is 1.54 bits per heavy atom. The Hall–Kier alpha value is -1.91. The van der Waals surface area contributed by atoms with Crippen LogP contribution in [0.25, 0.3) is 0 Å². The van der Waals surface area contributed by atoms with E-state index in [1.807, 2.05) is 0 Å². The molecular weight excluding hydrogens is 172 g/mol. The van der Waals surface area contributed by atoms with Gasteiger partial charge in [-0.1, -0.05) is 0 Å². The average molecular weight is 180 g/mol. The zero-order valence-electron chi connectivity index (χ0n) is 6.73. The fourth-order valence-corrected chi connectivity index (χ4v) is 0.779. The summed E-state index contributed by atoms with van der Waals surface area (Å²) in [5.74, 6) is -1.71. The van der Waals surface area contributed by atoms with E-state index in [9.17, 15) is 9.59 Å². The van der Waals surface area contributed by atoms with Crippen molar-refractivity contribution in [3.63, 3.8) is 0 Å². The van der Waals surface area contributed by atoms with Gasteiger partial charge in [-0.25, -0.2) is 0 Å². The number of amides is 1. The second kappa shape index (κ2) is 4.20. The fraction of sp³-hybridized carbons (Fsp3) is 0.125. The molecule has 0 atom stereocenters. The molecule has 5 nitrogen and oxygen atoms in total. The maximum Gasteiger partial charge on any atom is 0.312 e. The minimum atomic E-state index is -1.15. The number of hydrogen-bond acceptors (Lipinski definition) is 3. The first kappa shape index (κ1) is 9.18. The third-order valence-corrected chi connectivity index (χ3v) is 1.26. The molecule has 68 valence electrons. The molecule has 0 aromatic carbocycles. The Bertz CT molecular complexity index is 310. The lowest BCUT2D eigenvalue weighted by atomic mass is 10.3. The highest BCUT2D eigenvalue weighted by atomic mass is 16.4. The highest BCUT2D eigenvalue weighted by Gasteiger charge is 2.06. The van der Waals surface area contributed by atoms with Crippen LogP contribution in [-0.4, -0.2) is 22.0 Å². The zero-order valence-corrected chi connectivity index (χ0v) is 6.73. The lowest BCUT2D eigenvalue weighted by Gasteiger charge is -2.00. The molecule has 0 aliphatic carbocycles. The number of carbonyl (C=O) groups excluding carboxylic acids is 1. The van der Waals surface area contributed by atoms with E-state index in [0.29, 0.717) is 5.69 Å². The van der Waals surface area contributed by atoms with Crippen LogP contribution in [0.2, 0.25) is 0 Å². The molecule has 0 unspecified atom stereocenters. The summed E-state index contributed by atoms with van der Waals surface area (Å²) in [5, 5.41) is 10.7. The highest BCUT2D eigenvalue weighted by molar-refractivity contribution is 6.01. The predicted octanol–water partition coefficient (Wildman–Crippen LogP) is 0.495. The Morgan fingerprint density at radius 2 is 2.31 bits per heavy atom. The highest BCUT2D eigenvalue weighted by Crippen LogP contribution is 2.02. The van der Waals surface area contributed by atoms with Crippen molar-refractivity contribution in [2.45, 2.75) is 6.42 Å². The van der Waals surface area contributed by atoms with Gasteiger partial charge in [0.2, 0.25) is 5.91 Å². The van der Waals surface area contributed by atoms with Crippen molar-refractivity contribution in [2.75, 3.05) is 5.32 Å². The van der Waals surface area contributed by atoms with Gasteiger partial charge in [-0.05, 0) is 12.1 Å². The van der Waals surface area contributed by atoms with Gasteiger partial charge in [0, 0.05) is 6.20 Å². The van der Waals surface area contributed by atoms with Crippen molar-refractivity contribution in [1.29, 1.82) is 0 Å². The molecule has 1 aromatic rings. The molecule has 0 fully saturated rings. The minimum absolute atomic E-state index is 0.494. The molecule has 1 heterocycles. The summed E-state index contributed by atoms with van der Waals surface area (Å²) in [5.41, 5.74) is 0.494. The van der Waals surface area contributed by atoms with E-state index in [0.717, 1.165) is 0 Å². The quantitative estimate of drug-likeness (QED) is 0.663. The van der Waals surface area contributed by atoms with Crippen LogP contribution in [0.1, 0.15) is 6.42 Å². The Kier molecular flexibility index (Phi) is 2.97. The van der Waals surface area contributed by atoms with E-state index in [1.165, 1.54) is 6.20 Å². The standard InChI is InChI=1S/C8H8N2O3/c11-7(4-8(12)13)10-6-2-1-3-9-5-6/h1-3,5H,4H2,(H,10,11)(H,12,13). The van der Waals surface area contributed by atoms with E-state index >= 15 is 0 Å². The number of rotatable bonds is 3. The molecule has 0 saturated carbocycles. The van der Waals surface area contributed by atoms with Gasteiger partial charge >= 0.3 is 5.97 Å². The topological polar surface area (TPSA) is 79.3 Å². The van der Waals surface area contributed by atoms with Gasteiger partial charge in [0.1, 0.15) is 6.42 Å². The molecule has 0 aliphatic heterocycles. The molecule has 0 spiro atoms. The van der Waals surface area contributed by atoms with Crippen molar-refractivity contribution >= 4 is 17.6 Å². The molecule has 1 aromatic heterocycles. The summed E-state index contributed by atoms with van der Waals surface area (Å²) in [6, 6.07) is 3.28. The largest absolute Gasteiger partial charge is 0.481 e. The molecular formula is C8H8N2O3. The van der Waals surface area contributed by atoms with Gasteiger partial charge in [0.25, 0.3) is 0 Å². The second-order valence-corrected chi connectivity index (χ2v) is 2.36. The second-order valence-electron chi connectivity index (χ2n) is 2.36. The molecule has 2 N–H and O–H groups in total. The van der Waals surface area contributed by atoms with Gasteiger partial charge < -0.3 is 10.4 Å². The van der Waals surface area contributed by atoms with Crippen molar-refractivity contribution in [3.8, 4) is 0 Å². The molecule has 1 amide bonds. The first-order chi connectivity index (χ1) is 6.18. The van der Waals surface area contributed by atoms with Crippen LogP contribution in [0.3, 0.4) is 0 Å². The first-order valence-electron chi connectivity index (χ1n) is 3.60. The summed E-state index contributed by atoms with van der Waals surface area (Å²) in [6.07, 6.45) is 2.47. The summed E-state index contributed by atoms with van der Waals surface area (Å²) in [6.45, 7) is 0. The lowest BCUT2D eigenvalue weighted by molar-refractivity contribution is -0.139. The summed E-state index contributed by atoms with van der Waals surface area (Å²) in [7, 11) is 0. The van der Waals surface area contributed by atoms with E-state index < -0.39 is 18.3 Å². The van der Waals surface area contributed by atoms with Gasteiger partial charge in [-0.2, -0.15) is 0 Å². The van der Waals surface area contributed by atoms with Crippen LogP contribution in [-0.2, 0) is 9.59 Å². The van der Waals surface area contributed by atoms with Crippen LogP contribution in [0.4, 0.5) is 5.69 Å². The van der Waals surface area contributed by atoms with E-state index in [-0.39, 0.29) is 0 Å². The van der Waals surface area contributed by atoms with Crippen LogP contribution in [0, 0.1) is 0 Å². The number of pyridine rings is 1. The van der Waals surface area contributed by atoms with Gasteiger partial charge in [0.15, 0.2) is 0 Å². The zero-order chi connectivity index (χ0) is 9.68. The normalized spacial score (nSPS) is 9.23. The maximum absolute atomic E-state index is 10.9.